The summed E-state index contributed by atoms with van der Waals surface area (Å²) in [7, 11) is -2.29. The fraction of sp³-hybridized carbons (Fsp3) is 1.00. The van der Waals surface area contributed by atoms with Crippen molar-refractivity contribution in [3.63, 3.8) is 0 Å². The highest BCUT2D eigenvalue weighted by atomic mass is 28.4. The Bertz CT molecular complexity index is 219. The Kier molecular flexibility index (Phi) is 12.5. The molecule has 6 nitrogen and oxygen atoms in total. The first kappa shape index (κ1) is 21.0. The summed E-state index contributed by atoms with van der Waals surface area (Å²) in [5, 5.41) is 0. The molecule has 0 amide bonds. The van der Waals surface area contributed by atoms with E-state index in [0.717, 1.165) is 0 Å². The van der Waals surface area contributed by atoms with Gasteiger partial charge in [-0.15, -0.1) is 11.1 Å². The SMILES string of the molecule is CC(C)[Si-](OCCOCCN)(OCCOCCN)C(C)C. The van der Waals surface area contributed by atoms with Crippen LogP contribution in [0, 0.1) is 0 Å². The Labute approximate surface area is 130 Å². The predicted octanol–water partition coefficient (Wildman–Crippen LogP) is 1.23. The number of hydrogen-bond acceptors (Lipinski definition) is 6. The maximum atomic E-state index is 6.18. The summed E-state index contributed by atoms with van der Waals surface area (Å²) < 4.78 is 23.1. The summed E-state index contributed by atoms with van der Waals surface area (Å²) in [6.07, 6.45) is 0. The first-order valence-electron chi connectivity index (χ1n) is 7.84. The molecule has 129 valence electrons. The van der Waals surface area contributed by atoms with Crippen molar-refractivity contribution in [3.05, 3.63) is 0 Å². The molecule has 0 heterocycles. The molecule has 0 aliphatic heterocycles. The molecule has 0 bridgehead atoms. The number of ether oxygens (including phenoxy) is 2. The van der Waals surface area contributed by atoms with E-state index in [9.17, 15) is 0 Å². The number of rotatable bonds is 14. The first-order chi connectivity index (χ1) is 10.0. The lowest BCUT2D eigenvalue weighted by Gasteiger charge is -2.50. The Morgan fingerprint density at radius 2 is 1.05 bits per heavy atom. The van der Waals surface area contributed by atoms with Crippen LogP contribution in [0.1, 0.15) is 27.7 Å². The lowest BCUT2D eigenvalue weighted by molar-refractivity contribution is 0.0568. The van der Waals surface area contributed by atoms with Crippen LogP contribution in [0.3, 0.4) is 0 Å². The van der Waals surface area contributed by atoms with Gasteiger partial charge in [0.2, 0.25) is 0 Å². The van der Waals surface area contributed by atoms with Gasteiger partial charge >= 0.3 is 0 Å². The molecule has 0 atom stereocenters. The number of nitrogens with two attached hydrogens (primary N) is 2. The van der Waals surface area contributed by atoms with Crippen LogP contribution < -0.4 is 11.5 Å². The van der Waals surface area contributed by atoms with E-state index in [1.54, 1.807) is 0 Å². The molecule has 0 aromatic heterocycles. The minimum Gasteiger partial charge on any atom is -0.543 e. The van der Waals surface area contributed by atoms with Gasteiger partial charge < -0.3 is 29.8 Å². The van der Waals surface area contributed by atoms with Crippen molar-refractivity contribution in [2.75, 3.05) is 52.7 Å². The second-order valence-electron chi connectivity index (χ2n) is 5.53. The van der Waals surface area contributed by atoms with Crippen LogP contribution in [0.2, 0.25) is 11.1 Å². The Morgan fingerprint density at radius 3 is 1.33 bits per heavy atom. The van der Waals surface area contributed by atoms with Crippen molar-refractivity contribution in [3.8, 4) is 0 Å². The maximum Gasteiger partial charge on any atom is 0.131 e. The molecule has 0 fully saturated rings. The van der Waals surface area contributed by atoms with Gasteiger partial charge in [-0.05, 0) is 0 Å². The van der Waals surface area contributed by atoms with Gasteiger partial charge in [0.15, 0.2) is 0 Å². The van der Waals surface area contributed by atoms with Gasteiger partial charge in [-0.1, -0.05) is 27.7 Å². The number of hydrogen-bond donors (Lipinski definition) is 2. The highest BCUT2D eigenvalue weighted by Crippen LogP contribution is 2.34. The smallest absolute Gasteiger partial charge is 0.131 e. The van der Waals surface area contributed by atoms with E-state index in [-0.39, 0.29) is 0 Å². The molecule has 0 aromatic rings. The topological polar surface area (TPSA) is 89.0 Å². The minimum atomic E-state index is -2.29. The summed E-state index contributed by atoms with van der Waals surface area (Å²) >= 11 is 0. The third-order valence-corrected chi connectivity index (χ3v) is 7.77. The largest absolute Gasteiger partial charge is 0.543 e. The van der Waals surface area contributed by atoms with Crippen LogP contribution in [-0.4, -0.2) is 61.3 Å². The average molecular weight is 323 g/mol. The summed E-state index contributed by atoms with van der Waals surface area (Å²) in [5.74, 6) is 0. The van der Waals surface area contributed by atoms with Crippen LogP contribution in [0.5, 0.6) is 0 Å². The molecule has 0 rings (SSSR count). The van der Waals surface area contributed by atoms with Crippen molar-refractivity contribution < 1.29 is 18.3 Å². The van der Waals surface area contributed by atoms with Crippen LogP contribution in [0.15, 0.2) is 0 Å². The monoisotopic (exact) mass is 322 g/mol. The van der Waals surface area contributed by atoms with Crippen molar-refractivity contribution in [2.24, 2.45) is 11.5 Å². The van der Waals surface area contributed by atoms with Crippen LogP contribution >= 0.6 is 0 Å². The summed E-state index contributed by atoms with van der Waals surface area (Å²) in [6.45, 7) is 13.0. The van der Waals surface area contributed by atoms with Crippen LogP contribution in [0.4, 0.5) is 0 Å². The van der Waals surface area contributed by atoms with Gasteiger partial charge in [0.05, 0.1) is 26.4 Å². The van der Waals surface area contributed by atoms with Crippen LogP contribution in [-0.2, 0) is 18.3 Å². The predicted molar refractivity (Wildman–Crippen MR) is 87.6 cm³/mol. The van der Waals surface area contributed by atoms with E-state index < -0.39 is 8.56 Å². The van der Waals surface area contributed by atoms with E-state index in [1.165, 1.54) is 0 Å². The van der Waals surface area contributed by atoms with Gasteiger partial charge in [0, 0.05) is 26.3 Å². The molecular weight excluding hydrogens is 288 g/mol. The molecule has 4 N–H and O–H groups in total. The molecule has 0 aliphatic rings. The summed E-state index contributed by atoms with van der Waals surface area (Å²) in [4.78, 5) is 0. The summed E-state index contributed by atoms with van der Waals surface area (Å²) in [5.41, 5.74) is 11.5. The second-order valence-corrected chi connectivity index (χ2v) is 9.86. The molecule has 0 saturated carbocycles. The molecule has 7 heteroatoms. The molecule has 21 heavy (non-hydrogen) atoms. The molecule has 0 saturated heterocycles. The van der Waals surface area contributed by atoms with Crippen molar-refractivity contribution in [2.45, 2.75) is 38.8 Å². The second kappa shape index (κ2) is 12.5. The van der Waals surface area contributed by atoms with E-state index in [2.05, 4.69) is 27.7 Å². The van der Waals surface area contributed by atoms with Gasteiger partial charge in [-0.2, -0.15) is 0 Å². The fourth-order valence-electron chi connectivity index (χ4n) is 2.27. The van der Waals surface area contributed by atoms with Gasteiger partial charge in [-0.25, -0.2) is 0 Å². The van der Waals surface area contributed by atoms with Crippen LogP contribution in [0.25, 0.3) is 0 Å². The molecule has 0 radical (unpaired) electrons. The minimum absolute atomic E-state index is 0.363. The quantitative estimate of drug-likeness (QED) is 0.369. The fourth-order valence-corrected chi connectivity index (χ4v) is 5.82. The Balaban J connectivity index is 4.32. The van der Waals surface area contributed by atoms with Gasteiger partial charge in [-0.3, -0.25) is 0 Å². The Hall–Kier alpha value is -0.0231. The van der Waals surface area contributed by atoms with E-state index in [0.29, 0.717) is 63.8 Å². The first-order valence-corrected chi connectivity index (χ1v) is 9.81. The van der Waals surface area contributed by atoms with Crippen molar-refractivity contribution >= 4 is 8.56 Å². The van der Waals surface area contributed by atoms with Crippen molar-refractivity contribution in [1.82, 2.24) is 0 Å². The van der Waals surface area contributed by atoms with Gasteiger partial charge in [0.1, 0.15) is 8.56 Å². The molecular formula is C14H34N2O4Si-. The molecule has 0 aliphatic carbocycles. The lowest BCUT2D eigenvalue weighted by atomic mass is 10.5. The highest BCUT2D eigenvalue weighted by molar-refractivity contribution is 6.70. The standard InChI is InChI=1S/C14H34N2O4Si/c1-13(2)21(14(3)4,19-11-9-17-7-5-15)20-12-10-18-8-6-16/h13-14H,5-12,15-16H2,1-4H3/q-1. The molecule has 0 unspecified atom stereocenters. The average Bonchev–Trinajstić information content (AvgIpc) is 2.44. The van der Waals surface area contributed by atoms with Crippen molar-refractivity contribution in [1.29, 1.82) is 0 Å². The van der Waals surface area contributed by atoms with E-state index in [4.69, 9.17) is 29.8 Å². The summed E-state index contributed by atoms with van der Waals surface area (Å²) in [6, 6.07) is 0. The zero-order chi connectivity index (χ0) is 16.1. The highest BCUT2D eigenvalue weighted by Gasteiger charge is 2.31. The van der Waals surface area contributed by atoms with E-state index >= 15 is 0 Å². The van der Waals surface area contributed by atoms with Gasteiger partial charge in [0.25, 0.3) is 0 Å². The Morgan fingerprint density at radius 1 is 0.667 bits per heavy atom. The third kappa shape index (κ3) is 8.25. The maximum absolute atomic E-state index is 6.18. The zero-order valence-electron chi connectivity index (χ0n) is 14.1. The van der Waals surface area contributed by atoms with E-state index in [1.807, 2.05) is 0 Å². The molecule has 0 spiro atoms. The molecule has 0 aromatic carbocycles. The normalized spacial score (nSPS) is 12.6. The third-order valence-electron chi connectivity index (χ3n) is 3.24. The zero-order valence-corrected chi connectivity index (χ0v) is 15.1. The lowest BCUT2D eigenvalue weighted by Crippen LogP contribution is -2.49.